The van der Waals surface area contributed by atoms with Crippen molar-refractivity contribution in [3.63, 3.8) is 0 Å². The number of epoxide rings is 1. The lowest BCUT2D eigenvalue weighted by molar-refractivity contribution is -0.394. The molecule has 1 fully saturated rings. The Labute approximate surface area is 83.6 Å². The molecule has 1 aromatic rings. The highest BCUT2D eigenvalue weighted by atomic mass is 16.6. The van der Waals surface area contributed by atoms with E-state index in [9.17, 15) is 20.2 Å². The van der Waals surface area contributed by atoms with Crippen molar-refractivity contribution < 1.29 is 14.6 Å². The topological polar surface area (TPSA) is 98.8 Å². The Morgan fingerprint density at radius 3 is 1.93 bits per heavy atom. The van der Waals surface area contributed by atoms with Crippen LogP contribution in [0.2, 0.25) is 0 Å². The molecule has 0 N–H and O–H groups in total. The van der Waals surface area contributed by atoms with Crippen molar-refractivity contribution in [1.29, 1.82) is 0 Å². The maximum Gasteiger partial charge on any atom is 0.276 e. The van der Waals surface area contributed by atoms with E-state index in [4.69, 9.17) is 4.74 Å². The molecule has 1 aliphatic rings. The van der Waals surface area contributed by atoms with E-state index in [1.807, 2.05) is 0 Å². The molecule has 0 bridgehead atoms. The van der Waals surface area contributed by atoms with Crippen LogP contribution in [0.4, 0.5) is 11.4 Å². The van der Waals surface area contributed by atoms with Gasteiger partial charge in [0.25, 0.3) is 11.4 Å². The normalized spacial score (nSPS) is 18.5. The van der Waals surface area contributed by atoms with Gasteiger partial charge >= 0.3 is 0 Å². The molecule has 0 spiro atoms. The fraction of sp³-hybridized carbons (Fsp3) is 0.250. The predicted octanol–water partition coefficient (Wildman–Crippen LogP) is 1.57. The molecule has 1 heterocycles. The van der Waals surface area contributed by atoms with E-state index in [1.165, 1.54) is 12.1 Å². The average molecular weight is 210 g/mol. The molecule has 1 aliphatic heterocycles. The first kappa shape index (κ1) is 9.53. The zero-order valence-electron chi connectivity index (χ0n) is 7.45. The van der Waals surface area contributed by atoms with Crippen LogP contribution in [0.1, 0.15) is 11.7 Å². The molecule has 0 radical (unpaired) electrons. The minimum Gasteiger partial charge on any atom is -0.368 e. The lowest BCUT2D eigenvalue weighted by Gasteiger charge is -1.97. The summed E-state index contributed by atoms with van der Waals surface area (Å²) in [7, 11) is 0. The summed E-state index contributed by atoms with van der Waals surface area (Å²) in [6.45, 7) is 0.457. The molecule has 0 aliphatic carbocycles. The van der Waals surface area contributed by atoms with E-state index in [2.05, 4.69) is 0 Å². The van der Waals surface area contributed by atoms with Gasteiger partial charge in [-0.05, 0) is 5.56 Å². The molecular weight excluding hydrogens is 204 g/mol. The summed E-state index contributed by atoms with van der Waals surface area (Å²) in [4.78, 5) is 19.7. The standard InChI is InChI=1S/C8H6N2O5/c11-9(12)6-1-5(8-4-15-8)2-7(3-6)10(13)14/h1-3,8H,4H2. The third-order valence-corrected chi connectivity index (χ3v) is 2.05. The number of nitrogens with zero attached hydrogens (tertiary/aromatic N) is 2. The number of non-ortho nitro benzene ring substituents is 2. The number of nitro groups is 2. The summed E-state index contributed by atoms with van der Waals surface area (Å²) >= 11 is 0. The summed E-state index contributed by atoms with van der Waals surface area (Å²) in [5.74, 6) is 0. The van der Waals surface area contributed by atoms with Crippen LogP contribution in [0.15, 0.2) is 18.2 Å². The van der Waals surface area contributed by atoms with Crippen molar-refractivity contribution in [2.45, 2.75) is 6.10 Å². The maximum absolute atomic E-state index is 10.5. The summed E-state index contributed by atoms with van der Waals surface area (Å²) in [6, 6.07) is 3.53. The fourth-order valence-electron chi connectivity index (χ4n) is 1.26. The SMILES string of the molecule is O=[N+]([O-])c1cc(C2CO2)cc([N+](=O)[O-])c1. The second-order valence-electron chi connectivity index (χ2n) is 3.12. The van der Waals surface area contributed by atoms with Crippen LogP contribution in [-0.2, 0) is 4.74 Å². The van der Waals surface area contributed by atoms with E-state index in [0.29, 0.717) is 12.2 Å². The molecule has 78 valence electrons. The number of hydrogen-bond donors (Lipinski definition) is 0. The molecule has 1 saturated heterocycles. The van der Waals surface area contributed by atoms with E-state index in [-0.39, 0.29) is 17.5 Å². The van der Waals surface area contributed by atoms with Gasteiger partial charge < -0.3 is 4.74 Å². The average Bonchev–Trinajstić information content (AvgIpc) is 3.00. The van der Waals surface area contributed by atoms with Crippen LogP contribution >= 0.6 is 0 Å². The van der Waals surface area contributed by atoms with Crippen LogP contribution in [0.5, 0.6) is 0 Å². The molecule has 2 rings (SSSR count). The second-order valence-corrected chi connectivity index (χ2v) is 3.12. The van der Waals surface area contributed by atoms with Crippen LogP contribution in [0.3, 0.4) is 0 Å². The monoisotopic (exact) mass is 210 g/mol. The van der Waals surface area contributed by atoms with E-state index in [1.54, 1.807) is 0 Å². The zero-order valence-corrected chi connectivity index (χ0v) is 7.45. The summed E-state index contributed by atoms with van der Waals surface area (Å²) in [6.07, 6.45) is -0.233. The highest BCUT2D eigenvalue weighted by Gasteiger charge is 2.29. The van der Waals surface area contributed by atoms with Gasteiger partial charge in [0.2, 0.25) is 0 Å². The van der Waals surface area contributed by atoms with Gasteiger partial charge in [-0.1, -0.05) is 0 Å². The van der Waals surface area contributed by atoms with E-state index < -0.39 is 9.85 Å². The van der Waals surface area contributed by atoms with Crippen molar-refractivity contribution in [2.75, 3.05) is 6.61 Å². The van der Waals surface area contributed by atoms with Crippen LogP contribution in [0.25, 0.3) is 0 Å². The molecule has 0 saturated carbocycles. The van der Waals surface area contributed by atoms with Crippen LogP contribution < -0.4 is 0 Å². The smallest absolute Gasteiger partial charge is 0.276 e. The van der Waals surface area contributed by atoms with Gasteiger partial charge in [0, 0.05) is 12.1 Å². The van der Waals surface area contributed by atoms with Crippen molar-refractivity contribution in [3.05, 3.63) is 44.0 Å². The molecule has 1 atom stereocenters. The van der Waals surface area contributed by atoms with Gasteiger partial charge in [-0.25, -0.2) is 0 Å². The molecule has 1 aromatic carbocycles. The van der Waals surface area contributed by atoms with Gasteiger partial charge in [-0.3, -0.25) is 20.2 Å². The number of hydrogen-bond acceptors (Lipinski definition) is 5. The first-order valence-electron chi connectivity index (χ1n) is 4.13. The molecule has 0 amide bonds. The number of nitro benzene ring substituents is 2. The second kappa shape index (κ2) is 3.28. The van der Waals surface area contributed by atoms with Crippen molar-refractivity contribution in [3.8, 4) is 0 Å². The van der Waals surface area contributed by atoms with E-state index >= 15 is 0 Å². The summed E-state index contributed by atoms with van der Waals surface area (Å²) < 4.78 is 4.92. The highest BCUT2D eigenvalue weighted by Crippen LogP contribution is 2.34. The Hall–Kier alpha value is -2.02. The number of rotatable bonds is 3. The number of ether oxygens (including phenoxy) is 1. The first-order valence-corrected chi connectivity index (χ1v) is 4.13. The lowest BCUT2D eigenvalue weighted by Crippen LogP contribution is -1.95. The summed E-state index contributed by atoms with van der Waals surface area (Å²) in [5.41, 5.74) is -0.0831. The fourth-order valence-corrected chi connectivity index (χ4v) is 1.26. The molecular formula is C8H6N2O5. The van der Waals surface area contributed by atoms with E-state index in [0.717, 1.165) is 6.07 Å². The minimum absolute atomic E-state index is 0.233. The van der Waals surface area contributed by atoms with Gasteiger partial charge in [0.15, 0.2) is 0 Å². The van der Waals surface area contributed by atoms with Gasteiger partial charge in [0.1, 0.15) is 6.10 Å². The van der Waals surface area contributed by atoms with Crippen molar-refractivity contribution >= 4 is 11.4 Å². The predicted molar refractivity (Wildman–Crippen MR) is 48.4 cm³/mol. The molecule has 7 heteroatoms. The van der Waals surface area contributed by atoms with Gasteiger partial charge in [-0.2, -0.15) is 0 Å². The third-order valence-electron chi connectivity index (χ3n) is 2.05. The van der Waals surface area contributed by atoms with Gasteiger partial charge in [-0.15, -0.1) is 0 Å². The molecule has 15 heavy (non-hydrogen) atoms. The maximum atomic E-state index is 10.5. The zero-order chi connectivity index (χ0) is 11.0. The minimum atomic E-state index is -0.654. The molecule has 7 nitrogen and oxygen atoms in total. The first-order chi connectivity index (χ1) is 7.08. The third kappa shape index (κ3) is 1.91. The van der Waals surface area contributed by atoms with Crippen LogP contribution in [0, 0.1) is 20.2 Å². The highest BCUT2D eigenvalue weighted by molar-refractivity contribution is 5.47. The Kier molecular flexibility index (Phi) is 2.09. The number of benzene rings is 1. The quantitative estimate of drug-likeness (QED) is 0.428. The largest absolute Gasteiger partial charge is 0.368 e. The molecule has 1 unspecified atom stereocenters. The Bertz CT molecular complexity index is 408. The van der Waals surface area contributed by atoms with Crippen molar-refractivity contribution in [1.82, 2.24) is 0 Å². The Morgan fingerprint density at radius 1 is 1.13 bits per heavy atom. The molecule has 0 aromatic heterocycles. The van der Waals surface area contributed by atoms with Crippen LogP contribution in [-0.4, -0.2) is 16.5 Å². The summed E-state index contributed by atoms with van der Waals surface area (Å²) in [5, 5.41) is 21.0. The Morgan fingerprint density at radius 2 is 1.60 bits per heavy atom. The lowest BCUT2D eigenvalue weighted by atomic mass is 10.1. The Balaban J connectivity index is 2.47. The van der Waals surface area contributed by atoms with Crippen molar-refractivity contribution in [2.24, 2.45) is 0 Å². The van der Waals surface area contributed by atoms with Gasteiger partial charge in [0.05, 0.1) is 22.5 Å².